The summed E-state index contributed by atoms with van der Waals surface area (Å²) < 4.78 is 4.75. The molecule has 6 nitrogen and oxygen atoms in total. The first-order valence-corrected chi connectivity index (χ1v) is 9.40. The molecule has 2 aromatic carbocycles. The largest absolute Gasteiger partial charge is 0.469 e. The number of ether oxygens (including phenoxy) is 1. The van der Waals surface area contributed by atoms with Crippen LogP contribution in [0.25, 0.3) is 0 Å². The average molecular weight is 401 g/mol. The highest BCUT2D eigenvalue weighted by Crippen LogP contribution is 2.30. The summed E-state index contributed by atoms with van der Waals surface area (Å²) in [5, 5.41) is 3.29. The Morgan fingerprint density at radius 1 is 1.21 bits per heavy atom. The topological polar surface area (TPSA) is 75.7 Å². The normalized spacial score (nSPS) is 14.6. The molecule has 7 heteroatoms. The summed E-state index contributed by atoms with van der Waals surface area (Å²) in [6.07, 6.45) is 1.25. The number of carbonyl (C=O) groups excluding carboxylic acids is 3. The molecule has 1 N–H and O–H groups in total. The summed E-state index contributed by atoms with van der Waals surface area (Å²) >= 11 is 6.25. The van der Waals surface area contributed by atoms with Gasteiger partial charge >= 0.3 is 5.97 Å². The van der Waals surface area contributed by atoms with Crippen LogP contribution in [0.1, 0.15) is 41.2 Å². The van der Waals surface area contributed by atoms with Crippen LogP contribution in [0.5, 0.6) is 0 Å². The maximum atomic E-state index is 12.8. The number of anilines is 1. The molecule has 1 heterocycles. The van der Waals surface area contributed by atoms with E-state index in [0.717, 1.165) is 12.0 Å². The van der Waals surface area contributed by atoms with Crippen molar-refractivity contribution >= 4 is 35.1 Å². The lowest BCUT2D eigenvalue weighted by molar-refractivity contribution is -0.141. The molecule has 1 aliphatic heterocycles. The van der Waals surface area contributed by atoms with Crippen LogP contribution in [0.15, 0.2) is 48.5 Å². The maximum Gasteiger partial charge on any atom is 0.307 e. The lowest BCUT2D eigenvalue weighted by Gasteiger charge is -2.20. The third-order valence-corrected chi connectivity index (χ3v) is 5.00. The third-order valence-electron chi connectivity index (χ3n) is 4.68. The predicted molar refractivity (Wildman–Crippen MR) is 106 cm³/mol. The van der Waals surface area contributed by atoms with Gasteiger partial charge in [0, 0.05) is 18.5 Å². The minimum atomic E-state index is -0.534. The Bertz CT molecular complexity index is 885. The number of hydrogen-bond acceptors (Lipinski definition) is 4. The molecular weight excluding hydrogens is 380 g/mol. The van der Waals surface area contributed by atoms with Gasteiger partial charge < -0.3 is 15.0 Å². The molecule has 1 atom stereocenters. The fraction of sp³-hybridized carbons (Fsp3) is 0.286. The number of benzene rings is 2. The quantitative estimate of drug-likeness (QED) is 0.753. The molecule has 0 spiro atoms. The second-order valence-electron chi connectivity index (χ2n) is 6.53. The van der Waals surface area contributed by atoms with Gasteiger partial charge in [-0.1, -0.05) is 41.9 Å². The van der Waals surface area contributed by atoms with E-state index >= 15 is 0 Å². The molecule has 0 bridgehead atoms. The number of nitrogens with one attached hydrogen (secondary N) is 1. The zero-order valence-electron chi connectivity index (χ0n) is 15.5. The number of carbonyl (C=O) groups is 3. The molecule has 1 aliphatic rings. The number of nitrogens with zero attached hydrogens (tertiary/aromatic N) is 1. The summed E-state index contributed by atoms with van der Waals surface area (Å²) in [4.78, 5) is 38.3. The molecule has 0 radical (unpaired) electrons. The molecule has 0 aromatic heterocycles. The SMILES string of the molecule is COC(=O)CC(NC(=O)c1ccc(Cl)c(N2CCCC2=O)c1)c1ccccc1. The van der Waals surface area contributed by atoms with Crippen LogP contribution in [0.4, 0.5) is 5.69 Å². The first kappa shape index (κ1) is 19.9. The second-order valence-corrected chi connectivity index (χ2v) is 6.94. The van der Waals surface area contributed by atoms with Crippen molar-refractivity contribution in [2.75, 3.05) is 18.6 Å². The zero-order chi connectivity index (χ0) is 20.1. The lowest BCUT2D eigenvalue weighted by Crippen LogP contribution is -2.31. The van der Waals surface area contributed by atoms with Crippen LogP contribution >= 0.6 is 11.6 Å². The van der Waals surface area contributed by atoms with Crippen molar-refractivity contribution in [1.29, 1.82) is 0 Å². The van der Waals surface area contributed by atoms with E-state index in [1.165, 1.54) is 7.11 Å². The van der Waals surface area contributed by atoms with E-state index in [2.05, 4.69) is 5.32 Å². The molecule has 3 rings (SSSR count). The monoisotopic (exact) mass is 400 g/mol. The van der Waals surface area contributed by atoms with Gasteiger partial charge in [0.15, 0.2) is 0 Å². The standard InChI is InChI=1S/C21H21ClN2O4/c1-28-20(26)13-17(14-6-3-2-4-7-14)23-21(27)15-9-10-16(22)18(12-15)24-11-5-8-19(24)25/h2-4,6-7,9-10,12,17H,5,8,11,13H2,1H3,(H,23,27). The van der Waals surface area contributed by atoms with Crippen LogP contribution < -0.4 is 10.2 Å². The minimum Gasteiger partial charge on any atom is -0.469 e. The number of methoxy groups -OCH3 is 1. The number of rotatable bonds is 6. The number of amides is 2. The van der Waals surface area contributed by atoms with Gasteiger partial charge in [0.2, 0.25) is 5.91 Å². The summed E-state index contributed by atoms with van der Waals surface area (Å²) in [5.74, 6) is -0.789. The van der Waals surface area contributed by atoms with Crippen molar-refractivity contribution in [1.82, 2.24) is 5.32 Å². The molecule has 146 valence electrons. The van der Waals surface area contributed by atoms with Crippen molar-refractivity contribution in [2.45, 2.75) is 25.3 Å². The van der Waals surface area contributed by atoms with Gasteiger partial charge in [-0.25, -0.2) is 0 Å². The fourth-order valence-electron chi connectivity index (χ4n) is 3.19. The Balaban J connectivity index is 1.83. The minimum absolute atomic E-state index is 0.00712. The summed E-state index contributed by atoms with van der Waals surface area (Å²) in [7, 11) is 1.31. The molecule has 1 fully saturated rings. The molecule has 0 saturated carbocycles. The number of hydrogen-bond donors (Lipinski definition) is 1. The lowest BCUT2D eigenvalue weighted by atomic mass is 10.0. The van der Waals surface area contributed by atoms with Crippen LogP contribution in [0, 0.1) is 0 Å². The van der Waals surface area contributed by atoms with Gasteiger partial charge in [-0.15, -0.1) is 0 Å². The number of halogens is 1. The zero-order valence-corrected chi connectivity index (χ0v) is 16.2. The Labute approximate surface area is 168 Å². The molecule has 1 saturated heterocycles. The summed E-state index contributed by atoms with van der Waals surface area (Å²) in [6, 6.07) is 13.5. The molecule has 1 unspecified atom stereocenters. The van der Waals surface area contributed by atoms with Gasteiger partial charge in [-0.3, -0.25) is 14.4 Å². The maximum absolute atomic E-state index is 12.8. The van der Waals surface area contributed by atoms with Crippen molar-refractivity contribution in [3.8, 4) is 0 Å². The van der Waals surface area contributed by atoms with E-state index in [1.807, 2.05) is 30.3 Å². The second kappa shape index (κ2) is 8.89. The third kappa shape index (κ3) is 4.51. The summed E-state index contributed by atoms with van der Waals surface area (Å²) in [6.45, 7) is 0.582. The van der Waals surface area contributed by atoms with Crippen molar-refractivity contribution < 1.29 is 19.1 Å². The first-order chi connectivity index (χ1) is 13.5. The van der Waals surface area contributed by atoms with Crippen molar-refractivity contribution in [3.63, 3.8) is 0 Å². The first-order valence-electron chi connectivity index (χ1n) is 9.02. The molecule has 0 aliphatic carbocycles. The Morgan fingerprint density at radius 2 is 1.96 bits per heavy atom. The van der Waals surface area contributed by atoms with Crippen LogP contribution in [0.3, 0.4) is 0 Å². The van der Waals surface area contributed by atoms with Gasteiger partial charge in [-0.2, -0.15) is 0 Å². The van der Waals surface area contributed by atoms with Gasteiger partial charge in [0.1, 0.15) is 0 Å². The van der Waals surface area contributed by atoms with Crippen LogP contribution in [-0.4, -0.2) is 31.4 Å². The van der Waals surface area contributed by atoms with E-state index in [4.69, 9.17) is 16.3 Å². The molecule has 2 aromatic rings. The average Bonchev–Trinajstić information content (AvgIpc) is 3.14. The van der Waals surface area contributed by atoms with Gasteiger partial charge in [0.25, 0.3) is 5.91 Å². The molecular formula is C21H21ClN2O4. The van der Waals surface area contributed by atoms with Crippen LogP contribution in [0.2, 0.25) is 5.02 Å². The van der Waals surface area contributed by atoms with Gasteiger partial charge in [0.05, 0.1) is 30.3 Å². The fourth-order valence-corrected chi connectivity index (χ4v) is 3.41. The van der Waals surface area contributed by atoms with Crippen molar-refractivity contribution in [3.05, 3.63) is 64.7 Å². The van der Waals surface area contributed by atoms with Crippen LogP contribution in [-0.2, 0) is 14.3 Å². The number of esters is 1. The van der Waals surface area contributed by atoms with E-state index < -0.39 is 12.0 Å². The Hall–Kier alpha value is -2.86. The Kier molecular flexibility index (Phi) is 6.31. The van der Waals surface area contributed by atoms with Gasteiger partial charge in [-0.05, 0) is 30.2 Å². The Morgan fingerprint density at radius 3 is 2.61 bits per heavy atom. The van der Waals surface area contributed by atoms with E-state index in [-0.39, 0.29) is 18.2 Å². The van der Waals surface area contributed by atoms with E-state index in [0.29, 0.717) is 29.2 Å². The van der Waals surface area contributed by atoms with Crippen molar-refractivity contribution in [2.24, 2.45) is 0 Å². The summed E-state index contributed by atoms with van der Waals surface area (Å²) in [5.41, 5.74) is 1.69. The highest BCUT2D eigenvalue weighted by Gasteiger charge is 2.25. The van der Waals surface area contributed by atoms with E-state index in [9.17, 15) is 14.4 Å². The van der Waals surface area contributed by atoms with E-state index in [1.54, 1.807) is 23.1 Å². The smallest absolute Gasteiger partial charge is 0.307 e. The highest BCUT2D eigenvalue weighted by atomic mass is 35.5. The molecule has 28 heavy (non-hydrogen) atoms. The molecule has 2 amide bonds. The highest BCUT2D eigenvalue weighted by molar-refractivity contribution is 6.34. The predicted octanol–water partition coefficient (Wildman–Crippen LogP) is 3.50.